The number of nitrogens with one attached hydrogen (secondary N) is 1. The number of amides is 1. The molecule has 7 heteroatoms. The van der Waals surface area contributed by atoms with Gasteiger partial charge in [-0.2, -0.15) is 4.68 Å². The largest absolute Gasteiger partial charge is 0.356 e. The Balaban J connectivity index is 1.34. The van der Waals surface area contributed by atoms with Crippen molar-refractivity contribution in [3.05, 3.63) is 71.2 Å². The predicted octanol–water partition coefficient (Wildman–Crippen LogP) is 3.14. The third kappa shape index (κ3) is 2.99. The molecular weight excluding hydrogens is 364 g/mol. The highest BCUT2D eigenvalue weighted by molar-refractivity contribution is 5.86. The van der Waals surface area contributed by atoms with Crippen molar-refractivity contribution >= 4 is 16.8 Å². The second-order valence-electron chi connectivity index (χ2n) is 7.56. The number of fused-ring (bicyclic) bond motifs is 3. The molecule has 1 aliphatic rings. The minimum atomic E-state index is 0.0433. The van der Waals surface area contributed by atoms with E-state index >= 15 is 0 Å². The monoisotopic (exact) mass is 386 g/mol. The van der Waals surface area contributed by atoms with Crippen molar-refractivity contribution in [1.82, 2.24) is 30.1 Å². The fourth-order valence-electron chi connectivity index (χ4n) is 4.27. The quantitative estimate of drug-likeness (QED) is 0.587. The molecule has 0 radical (unpaired) electrons. The van der Waals surface area contributed by atoms with Gasteiger partial charge < -0.3 is 9.88 Å². The first-order valence-corrected chi connectivity index (χ1v) is 9.85. The summed E-state index contributed by atoms with van der Waals surface area (Å²) in [5.74, 6) is 0.873. The van der Waals surface area contributed by atoms with Crippen molar-refractivity contribution in [2.45, 2.75) is 32.7 Å². The summed E-state index contributed by atoms with van der Waals surface area (Å²) < 4.78 is 1.68. The molecule has 7 nitrogen and oxygen atoms in total. The normalized spacial score (nSPS) is 16.2. The molecule has 0 spiro atoms. The molecule has 146 valence electrons. The van der Waals surface area contributed by atoms with E-state index in [4.69, 9.17) is 0 Å². The van der Waals surface area contributed by atoms with Gasteiger partial charge in [0, 0.05) is 23.1 Å². The van der Waals surface area contributed by atoms with Gasteiger partial charge in [-0.05, 0) is 60.0 Å². The summed E-state index contributed by atoms with van der Waals surface area (Å²) in [7, 11) is 0. The number of aryl methyl sites for hydroxylation is 1. The van der Waals surface area contributed by atoms with Crippen LogP contribution >= 0.6 is 0 Å². The van der Waals surface area contributed by atoms with E-state index in [1.54, 1.807) is 4.68 Å². The number of hydrogen-bond donors (Lipinski definition) is 1. The van der Waals surface area contributed by atoms with Crippen molar-refractivity contribution in [2.75, 3.05) is 6.54 Å². The zero-order chi connectivity index (χ0) is 20.0. The van der Waals surface area contributed by atoms with Gasteiger partial charge in [0.1, 0.15) is 0 Å². The molecule has 1 N–H and O–H groups in total. The van der Waals surface area contributed by atoms with Crippen LogP contribution in [-0.4, -0.2) is 42.5 Å². The molecule has 0 aliphatic carbocycles. The number of hydrogen-bond acceptors (Lipinski definition) is 4. The lowest BCUT2D eigenvalue weighted by Crippen LogP contribution is -2.39. The Morgan fingerprint density at radius 1 is 1.17 bits per heavy atom. The lowest BCUT2D eigenvalue weighted by molar-refractivity contribution is -0.133. The third-order valence-electron chi connectivity index (χ3n) is 5.82. The Bertz CT molecular complexity index is 1190. The van der Waals surface area contributed by atoms with Crippen LogP contribution in [0.25, 0.3) is 16.6 Å². The van der Waals surface area contributed by atoms with Crippen molar-refractivity contribution in [3.63, 3.8) is 0 Å². The van der Waals surface area contributed by atoms with Crippen LogP contribution in [0.15, 0.2) is 48.5 Å². The molecule has 1 aliphatic heterocycles. The Hall–Kier alpha value is -3.48. The molecule has 0 saturated carbocycles. The van der Waals surface area contributed by atoms with Gasteiger partial charge in [-0.15, -0.1) is 5.10 Å². The van der Waals surface area contributed by atoms with Crippen LogP contribution in [0.2, 0.25) is 0 Å². The minimum Gasteiger partial charge on any atom is -0.356 e. The number of carbonyl (C=O) groups excluding carboxylic acids is 1. The van der Waals surface area contributed by atoms with E-state index in [2.05, 4.69) is 45.6 Å². The first-order valence-electron chi connectivity index (χ1n) is 9.85. The van der Waals surface area contributed by atoms with Crippen LogP contribution in [0, 0.1) is 6.92 Å². The van der Waals surface area contributed by atoms with Gasteiger partial charge in [0.2, 0.25) is 5.91 Å². The highest BCUT2D eigenvalue weighted by atomic mass is 16.2. The van der Waals surface area contributed by atoms with E-state index in [1.807, 2.05) is 42.2 Å². The highest BCUT2D eigenvalue weighted by Crippen LogP contribution is 2.34. The maximum Gasteiger partial charge on any atom is 0.227 e. The van der Waals surface area contributed by atoms with Gasteiger partial charge in [0.15, 0.2) is 5.82 Å². The molecule has 0 bridgehead atoms. The number of carbonyl (C=O) groups is 1. The van der Waals surface area contributed by atoms with E-state index < -0.39 is 0 Å². The lowest BCUT2D eigenvalue weighted by Gasteiger charge is -2.33. The molecule has 2 aromatic heterocycles. The lowest BCUT2D eigenvalue weighted by atomic mass is 9.97. The van der Waals surface area contributed by atoms with E-state index in [0.29, 0.717) is 6.42 Å². The third-order valence-corrected chi connectivity index (χ3v) is 5.82. The summed E-state index contributed by atoms with van der Waals surface area (Å²) in [6, 6.07) is 16.2. The summed E-state index contributed by atoms with van der Waals surface area (Å²) in [4.78, 5) is 18.6. The molecule has 0 saturated heterocycles. The standard InChI is InChI=1S/C22H22N6O/c1-14-22-19(18-5-3-4-6-20(18)23-22)11-12-27(14)21(29)13-16-7-9-17(10-8-16)28-15(2)24-25-26-28/h3-10,14,23H,11-13H2,1-2H3. The van der Waals surface area contributed by atoms with Gasteiger partial charge in [0.25, 0.3) is 0 Å². The molecule has 3 heterocycles. The van der Waals surface area contributed by atoms with Crippen molar-refractivity contribution in [2.24, 2.45) is 0 Å². The van der Waals surface area contributed by atoms with Crippen LogP contribution in [0.3, 0.4) is 0 Å². The van der Waals surface area contributed by atoms with Crippen LogP contribution < -0.4 is 0 Å². The number of H-pyrrole nitrogens is 1. The number of para-hydroxylation sites is 1. The minimum absolute atomic E-state index is 0.0433. The number of rotatable bonds is 3. The number of tetrazole rings is 1. The maximum absolute atomic E-state index is 13.0. The number of aromatic nitrogens is 5. The summed E-state index contributed by atoms with van der Waals surface area (Å²) in [5.41, 5.74) is 5.53. The topological polar surface area (TPSA) is 79.7 Å². The fraction of sp³-hybridized carbons (Fsp3) is 0.273. The number of benzene rings is 2. The Labute approximate surface area is 168 Å². The molecule has 1 atom stereocenters. The zero-order valence-corrected chi connectivity index (χ0v) is 16.5. The molecule has 4 aromatic rings. The van der Waals surface area contributed by atoms with E-state index in [1.165, 1.54) is 10.9 Å². The Kier molecular flexibility index (Phi) is 4.16. The highest BCUT2D eigenvalue weighted by Gasteiger charge is 2.30. The first-order chi connectivity index (χ1) is 14.1. The van der Waals surface area contributed by atoms with Crippen LogP contribution in [-0.2, 0) is 17.6 Å². The smallest absolute Gasteiger partial charge is 0.227 e. The van der Waals surface area contributed by atoms with Crippen molar-refractivity contribution in [3.8, 4) is 5.69 Å². The molecule has 0 fully saturated rings. The zero-order valence-electron chi connectivity index (χ0n) is 16.5. The van der Waals surface area contributed by atoms with E-state index in [-0.39, 0.29) is 11.9 Å². The molecular formula is C22H22N6O. The molecule has 2 aromatic carbocycles. The average Bonchev–Trinajstić information content (AvgIpc) is 3.33. The summed E-state index contributed by atoms with van der Waals surface area (Å²) >= 11 is 0. The molecule has 1 unspecified atom stereocenters. The second-order valence-corrected chi connectivity index (χ2v) is 7.56. The van der Waals surface area contributed by atoms with Gasteiger partial charge in [-0.25, -0.2) is 0 Å². The van der Waals surface area contributed by atoms with Gasteiger partial charge in [0.05, 0.1) is 18.2 Å². The molecule has 5 rings (SSSR count). The second kappa shape index (κ2) is 6.84. The summed E-state index contributed by atoms with van der Waals surface area (Å²) in [6.07, 6.45) is 1.27. The van der Waals surface area contributed by atoms with Crippen LogP contribution in [0.1, 0.15) is 35.6 Å². The molecule has 1 amide bonds. The van der Waals surface area contributed by atoms with Crippen molar-refractivity contribution in [1.29, 1.82) is 0 Å². The van der Waals surface area contributed by atoms with Crippen LogP contribution in [0.5, 0.6) is 0 Å². The van der Waals surface area contributed by atoms with E-state index in [0.717, 1.165) is 41.3 Å². The first kappa shape index (κ1) is 17.6. The average molecular weight is 386 g/mol. The van der Waals surface area contributed by atoms with Crippen molar-refractivity contribution < 1.29 is 4.79 Å². The Morgan fingerprint density at radius 3 is 2.72 bits per heavy atom. The fourth-order valence-corrected chi connectivity index (χ4v) is 4.27. The van der Waals surface area contributed by atoms with E-state index in [9.17, 15) is 4.79 Å². The number of nitrogens with zero attached hydrogens (tertiary/aromatic N) is 5. The Morgan fingerprint density at radius 2 is 1.97 bits per heavy atom. The molecule has 29 heavy (non-hydrogen) atoms. The number of aromatic amines is 1. The summed E-state index contributed by atoms with van der Waals surface area (Å²) in [6.45, 7) is 4.71. The van der Waals surface area contributed by atoms with Gasteiger partial charge in [-0.3, -0.25) is 4.79 Å². The SMILES string of the molecule is Cc1nnnn1-c1ccc(CC(=O)N2CCc3c([nH]c4ccccc34)C2C)cc1. The van der Waals surface area contributed by atoms with Crippen LogP contribution in [0.4, 0.5) is 0 Å². The van der Waals surface area contributed by atoms with Gasteiger partial charge >= 0.3 is 0 Å². The van der Waals surface area contributed by atoms with Gasteiger partial charge in [-0.1, -0.05) is 30.3 Å². The predicted molar refractivity (Wildman–Crippen MR) is 110 cm³/mol. The maximum atomic E-state index is 13.0. The summed E-state index contributed by atoms with van der Waals surface area (Å²) in [5, 5.41) is 12.8.